The molecule has 0 heterocycles. The monoisotopic (exact) mass is 298 g/mol. The minimum Gasteiger partial charge on any atom is -0.388 e. The Hall–Kier alpha value is -0.340. The molecule has 0 saturated carbocycles. The number of benzene rings is 1. The molecular formula is C15H23BrO. The SMILES string of the molecule is CCCCCC(O)c1c(C)cc(C)c(Br)c1C. The van der Waals surface area contributed by atoms with E-state index in [0.29, 0.717) is 0 Å². The van der Waals surface area contributed by atoms with E-state index in [9.17, 15) is 5.11 Å². The lowest BCUT2D eigenvalue weighted by atomic mass is 9.93. The van der Waals surface area contributed by atoms with Crippen LogP contribution in [0, 0.1) is 20.8 Å². The standard InChI is InChI=1S/C15H23BrO/c1-5-6-7-8-13(17)14-10(2)9-11(3)15(16)12(14)4/h9,13,17H,5-8H2,1-4H3. The predicted octanol–water partition coefficient (Wildman–Crippen LogP) is 4.99. The van der Waals surface area contributed by atoms with E-state index >= 15 is 0 Å². The number of hydrogen-bond donors (Lipinski definition) is 1. The van der Waals surface area contributed by atoms with Crippen LogP contribution >= 0.6 is 15.9 Å². The van der Waals surface area contributed by atoms with Gasteiger partial charge in [-0.3, -0.25) is 0 Å². The molecule has 0 aliphatic rings. The van der Waals surface area contributed by atoms with E-state index in [-0.39, 0.29) is 6.10 Å². The predicted molar refractivity (Wildman–Crippen MR) is 77.5 cm³/mol. The molecule has 0 spiro atoms. The highest BCUT2D eigenvalue weighted by atomic mass is 79.9. The second-order valence-corrected chi connectivity index (χ2v) is 5.67. The van der Waals surface area contributed by atoms with Gasteiger partial charge in [0.1, 0.15) is 0 Å². The molecule has 1 aromatic rings. The van der Waals surface area contributed by atoms with Gasteiger partial charge in [0.05, 0.1) is 6.10 Å². The van der Waals surface area contributed by atoms with E-state index in [1.54, 1.807) is 0 Å². The van der Waals surface area contributed by atoms with Crippen LogP contribution in [0.5, 0.6) is 0 Å². The number of aliphatic hydroxyl groups excluding tert-OH is 1. The molecule has 96 valence electrons. The van der Waals surface area contributed by atoms with Gasteiger partial charge < -0.3 is 5.11 Å². The fourth-order valence-electron chi connectivity index (χ4n) is 2.42. The van der Waals surface area contributed by atoms with Gasteiger partial charge >= 0.3 is 0 Å². The molecule has 1 nitrogen and oxygen atoms in total. The Morgan fingerprint density at radius 1 is 1.18 bits per heavy atom. The van der Waals surface area contributed by atoms with Crippen molar-refractivity contribution < 1.29 is 5.11 Å². The van der Waals surface area contributed by atoms with Crippen LogP contribution in [0.2, 0.25) is 0 Å². The maximum atomic E-state index is 10.3. The van der Waals surface area contributed by atoms with Gasteiger partial charge in [0, 0.05) is 4.47 Å². The van der Waals surface area contributed by atoms with Crippen molar-refractivity contribution in [3.63, 3.8) is 0 Å². The molecule has 0 saturated heterocycles. The van der Waals surface area contributed by atoms with Crippen molar-refractivity contribution in [1.29, 1.82) is 0 Å². The quantitative estimate of drug-likeness (QED) is 0.760. The largest absolute Gasteiger partial charge is 0.388 e. The minimum atomic E-state index is -0.321. The van der Waals surface area contributed by atoms with Crippen molar-refractivity contribution in [2.24, 2.45) is 0 Å². The smallest absolute Gasteiger partial charge is 0.0795 e. The number of halogens is 1. The zero-order chi connectivity index (χ0) is 13.0. The third kappa shape index (κ3) is 3.56. The Balaban J connectivity index is 2.93. The number of aryl methyl sites for hydroxylation is 2. The molecule has 0 fully saturated rings. The summed E-state index contributed by atoms with van der Waals surface area (Å²) >= 11 is 3.60. The summed E-state index contributed by atoms with van der Waals surface area (Å²) in [5.74, 6) is 0. The first-order valence-corrected chi connectivity index (χ1v) is 7.22. The first-order chi connectivity index (χ1) is 7.99. The van der Waals surface area contributed by atoms with Gasteiger partial charge in [-0.2, -0.15) is 0 Å². The van der Waals surface area contributed by atoms with Gasteiger partial charge in [0.2, 0.25) is 0 Å². The van der Waals surface area contributed by atoms with Crippen LogP contribution < -0.4 is 0 Å². The summed E-state index contributed by atoms with van der Waals surface area (Å²) in [6, 6.07) is 2.15. The summed E-state index contributed by atoms with van der Waals surface area (Å²) in [7, 11) is 0. The zero-order valence-corrected chi connectivity index (χ0v) is 12.9. The molecule has 0 amide bonds. The highest BCUT2D eigenvalue weighted by molar-refractivity contribution is 9.10. The van der Waals surface area contributed by atoms with Gasteiger partial charge in [0.15, 0.2) is 0 Å². The van der Waals surface area contributed by atoms with Crippen LogP contribution in [0.25, 0.3) is 0 Å². The summed E-state index contributed by atoms with van der Waals surface area (Å²) in [6.07, 6.45) is 4.04. The lowest BCUT2D eigenvalue weighted by Gasteiger charge is -2.19. The van der Waals surface area contributed by atoms with Crippen LogP contribution in [0.4, 0.5) is 0 Å². The number of hydrogen-bond acceptors (Lipinski definition) is 1. The average molecular weight is 299 g/mol. The molecule has 1 N–H and O–H groups in total. The molecule has 1 rings (SSSR count). The van der Waals surface area contributed by atoms with Crippen LogP contribution in [0.1, 0.15) is 61.0 Å². The van der Waals surface area contributed by atoms with Crippen LogP contribution in [-0.4, -0.2) is 5.11 Å². The van der Waals surface area contributed by atoms with E-state index in [4.69, 9.17) is 0 Å². The van der Waals surface area contributed by atoms with Gasteiger partial charge in [-0.25, -0.2) is 0 Å². The number of aliphatic hydroxyl groups is 1. The summed E-state index contributed by atoms with van der Waals surface area (Å²) in [5, 5.41) is 10.3. The second-order valence-electron chi connectivity index (χ2n) is 4.87. The summed E-state index contributed by atoms with van der Waals surface area (Å²) in [5.41, 5.74) is 4.74. The zero-order valence-electron chi connectivity index (χ0n) is 11.3. The molecule has 0 aliphatic heterocycles. The topological polar surface area (TPSA) is 20.2 Å². The van der Waals surface area contributed by atoms with Crippen molar-refractivity contribution in [1.82, 2.24) is 0 Å². The van der Waals surface area contributed by atoms with Gasteiger partial charge in [-0.1, -0.05) is 48.2 Å². The highest BCUT2D eigenvalue weighted by Gasteiger charge is 2.16. The Labute approximate surface area is 113 Å². The lowest BCUT2D eigenvalue weighted by Crippen LogP contribution is -2.04. The van der Waals surface area contributed by atoms with E-state index in [2.05, 4.69) is 49.7 Å². The van der Waals surface area contributed by atoms with E-state index in [1.807, 2.05) is 0 Å². The molecule has 0 radical (unpaired) electrons. The van der Waals surface area contributed by atoms with Gasteiger partial charge in [0.25, 0.3) is 0 Å². The number of rotatable bonds is 5. The van der Waals surface area contributed by atoms with Gasteiger partial charge in [-0.05, 0) is 49.4 Å². The second kappa shape index (κ2) is 6.55. The Kier molecular flexibility index (Phi) is 5.68. The first kappa shape index (κ1) is 14.7. The van der Waals surface area contributed by atoms with Crippen molar-refractivity contribution in [2.45, 2.75) is 59.5 Å². The maximum Gasteiger partial charge on any atom is 0.0795 e. The van der Waals surface area contributed by atoms with E-state index in [0.717, 1.165) is 22.9 Å². The van der Waals surface area contributed by atoms with Crippen LogP contribution in [0.15, 0.2) is 10.5 Å². The third-order valence-electron chi connectivity index (χ3n) is 3.35. The molecule has 0 bridgehead atoms. The first-order valence-electron chi connectivity index (χ1n) is 6.43. The average Bonchev–Trinajstić information content (AvgIpc) is 2.26. The normalized spacial score (nSPS) is 12.8. The Morgan fingerprint density at radius 2 is 1.82 bits per heavy atom. The molecule has 0 aliphatic carbocycles. The molecule has 1 atom stereocenters. The highest BCUT2D eigenvalue weighted by Crippen LogP contribution is 2.32. The Morgan fingerprint density at radius 3 is 2.41 bits per heavy atom. The summed E-state index contributed by atoms with van der Waals surface area (Å²) in [6.45, 7) is 8.45. The fraction of sp³-hybridized carbons (Fsp3) is 0.600. The van der Waals surface area contributed by atoms with Crippen molar-refractivity contribution in [3.8, 4) is 0 Å². The molecule has 1 unspecified atom stereocenters. The molecule has 17 heavy (non-hydrogen) atoms. The van der Waals surface area contributed by atoms with Crippen molar-refractivity contribution in [2.75, 3.05) is 0 Å². The van der Waals surface area contributed by atoms with Crippen molar-refractivity contribution >= 4 is 15.9 Å². The van der Waals surface area contributed by atoms with Gasteiger partial charge in [-0.15, -0.1) is 0 Å². The van der Waals surface area contributed by atoms with Crippen molar-refractivity contribution in [3.05, 3.63) is 32.8 Å². The molecule has 2 heteroatoms. The summed E-state index contributed by atoms with van der Waals surface area (Å²) < 4.78 is 1.13. The Bertz CT molecular complexity index is 385. The van der Waals surface area contributed by atoms with Crippen LogP contribution in [-0.2, 0) is 0 Å². The minimum absolute atomic E-state index is 0.321. The maximum absolute atomic E-state index is 10.3. The van der Waals surface area contributed by atoms with E-state index in [1.165, 1.54) is 29.5 Å². The number of unbranched alkanes of at least 4 members (excludes halogenated alkanes) is 2. The molecule has 0 aromatic heterocycles. The third-order valence-corrected chi connectivity index (χ3v) is 4.57. The molecule has 1 aromatic carbocycles. The lowest BCUT2D eigenvalue weighted by molar-refractivity contribution is 0.162. The fourth-order valence-corrected chi connectivity index (χ4v) is 2.75. The van der Waals surface area contributed by atoms with Crippen LogP contribution in [0.3, 0.4) is 0 Å². The molecular weight excluding hydrogens is 276 g/mol. The van der Waals surface area contributed by atoms with E-state index < -0.39 is 0 Å². The summed E-state index contributed by atoms with van der Waals surface area (Å²) in [4.78, 5) is 0.